The van der Waals surface area contributed by atoms with Crippen molar-refractivity contribution >= 4 is 11.6 Å². The monoisotopic (exact) mass is 235 g/mol. The maximum absolute atomic E-state index is 10.6. The number of carbonyl (C=O) groups excluding carboxylic acids is 2. The van der Waals surface area contributed by atoms with Crippen LogP contribution in [-0.2, 0) is 32.0 Å². The van der Waals surface area contributed by atoms with E-state index in [4.69, 9.17) is 0 Å². The molecule has 0 bridgehead atoms. The first-order chi connectivity index (χ1) is 4.20. The number of Topliss-reactive ketones (excluding diaryl/α,β-unsaturated/α-hetero) is 2. The van der Waals surface area contributed by atoms with Crippen LogP contribution in [0, 0.1) is 0 Å². The van der Waals surface area contributed by atoms with Gasteiger partial charge in [0.05, 0.1) is 6.42 Å². The quantitative estimate of drug-likeness (QED) is 0.545. The summed E-state index contributed by atoms with van der Waals surface area (Å²) in [6.45, 7) is 3.54. The Hall–Kier alpha value is 0.0803. The Balaban J connectivity index is 0. The Morgan fingerprint density at radius 1 is 1.00 bits per heavy atom. The molecule has 0 rings (SSSR count). The summed E-state index contributed by atoms with van der Waals surface area (Å²) < 4.78 is 0. The van der Waals surface area contributed by atoms with E-state index in [0.29, 0.717) is 12.8 Å². The van der Waals surface area contributed by atoms with Gasteiger partial charge in [0.1, 0.15) is 11.6 Å². The first-order valence-corrected chi connectivity index (χ1v) is 3.24. The molecule has 63 valence electrons. The first-order valence-electron chi connectivity index (χ1n) is 3.24. The summed E-state index contributed by atoms with van der Waals surface area (Å²) in [7, 11) is 0. The molecule has 0 atom stereocenters. The van der Waals surface area contributed by atoms with Crippen molar-refractivity contribution in [3.8, 4) is 0 Å². The fourth-order valence-corrected chi connectivity index (χ4v) is 0.470. The number of rotatable bonds is 4. The van der Waals surface area contributed by atoms with Gasteiger partial charge in [0.2, 0.25) is 0 Å². The van der Waals surface area contributed by atoms with Crippen LogP contribution in [0.2, 0.25) is 0 Å². The maximum Gasteiger partial charge on any atom is 0.139 e. The van der Waals surface area contributed by atoms with Gasteiger partial charge in [-0.3, -0.25) is 9.59 Å². The number of carbonyl (C=O) groups is 2. The molecular weight excluding hydrogens is 224 g/mol. The van der Waals surface area contributed by atoms with Gasteiger partial charge in [-0.2, -0.15) is 0 Å². The molecule has 0 aromatic carbocycles. The minimum atomic E-state index is 0. The van der Waals surface area contributed by atoms with E-state index in [9.17, 15) is 9.59 Å². The van der Waals surface area contributed by atoms with Gasteiger partial charge < -0.3 is 0 Å². The minimum absolute atomic E-state index is 0. The topological polar surface area (TPSA) is 34.1 Å². The van der Waals surface area contributed by atoms with Crippen molar-refractivity contribution in [2.24, 2.45) is 0 Å². The largest absolute Gasteiger partial charge is 0.299 e. The van der Waals surface area contributed by atoms with Crippen molar-refractivity contribution in [1.29, 1.82) is 0 Å². The molecule has 10 heavy (non-hydrogen) atoms. The van der Waals surface area contributed by atoms with Gasteiger partial charge in [-0.1, -0.05) is 13.8 Å². The molecule has 0 amide bonds. The predicted molar refractivity (Wildman–Crippen MR) is 35.2 cm³/mol. The normalized spacial score (nSPS) is 8.20. The van der Waals surface area contributed by atoms with Crippen molar-refractivity contribution in [1.82, 2.24) is 0 Å². The number of ketones is 2. The van der Waals surface area contributed by atoms with Crippen molar-refractivity contribution in [3.63, 3.8) is 0 Å². The maximum atomic E-state index is 10.6. The van der Waals surface area contributed by atoms with Crippen molar-refractivity contribution in [2.75, 3.05) is 0 Å². The molecule has 0 aromatic heterocycles. The fourth-order valence-electron chi connectivity index (χ4n) is 0.470. The van der Waals surface area contributed by atoms with E-state index in [1.54, 1.807) is 13.8 Å². The van der Waals surface area contributed by atoms with E-state index < -0.39 is 0 Å². The Labute approximate surface area is 76.9 Å². The zero-order valence-electron chi connectivity index (χ0n) is 6.24. The molecular formula is C7H12AgO2. The third-order valence-corrected chi connectivity index (χ3v) is 1.18. The Morgan fingerprint density at radius 3 is 1.50 bits per heavy atom. The van der Waals surface area contributed by atoms with E-state index in [1.807, 2.05) is 0 Å². The average molecular weight is 236 g/mol. The van der Waals surface area contributed by atoms with Gasteiger partial charge >= 0.3 is 0 Å². The van der Waals surface area contributed by atoms with E-state index in [2.05, 4.69) is 0 Å². The van der Waals surface area contributed by atoms with Gasteiger partial charge in [0, 0.05) is 35.2 Å². The third kappa shape index (κ3) is 6.20. The molecule has 3 heteroatoms. The molecule has 1 radical (unpaired) electrons. The van der Waals surface area contributed by atoms with Crippen LogP contribution >= 0.6 is 0 Å². The molecule has 0 aromatic rings. The summed E-state index contributed by atoms with van der Waals surface area (Å²) in [6.07, 6.45) is 1.09. The molecule has 0 unspecified atom stereocenters. The Morgan fingerprint density at radius 2 is 1.30 bits per heavy atom. The SMILES string of the molecule is CCC(=O)CC(=O)CC.[Ag]. The Bertz CT molecular complexity index is 107. The van der Waals surface area contributed by atoms with E-state index in [-0.39, 0.29) is 40.4 Å². The van der Waals surface area contributed by atoms with Crippen LogP contribution < -0.4 is 0 Å². The third-order valence-electron chi connectivity index (χ3n) is 1.18. The minimum Gasteiger partial charge on any atom is -0.299 e. The van der Waals surface area contributed by atoms with Gasteiger partial charge in [-0.05, 0) is 0 Å². The molecule has 0 N–H and O–H groups in total. The van der Waals surface area contributed by atoms with E-state index in [0.717, 1.165) is 0 Å². The van der Waals surface area contributed by atoms with Crippen LogP contribution in [0.4, 0.5) is 0 Å². The second kappa shape index (κ2) is 7.19. The summed E-state index contributed by atoms with van der Waals surface area (Å²) in [6, 6.07) is 0. The van der Waals surface area contributed by atoms with E-state index in [1.165, 1.54) is 0 Å². The standard InChI is InChI=1S/C7H12O2.Ag/c1-3-6(8)5-7(9)4-2;/h3-5H2,1-2H3;. The van der Waals surface area contributed by atoms with Crippen LogP contribution in [0.1, 0.15) is 33.1 Å². The summed E-state index contributed by atoms with van der Waals surface area (Å²) in [5.74, 6) is 0.0868. The Kier molecular flexibility index (Phi) is 9.15. The van der Waals surface area contributed by atoms with Gasteiger partial charge in [-0.25, -0.2) is 0 Å². The molecule has 0 spiro atoms. The van der Waals surface area contributed by atoms with Gasteiger partial charge in [-0.15, -0.1) is 0 Å². The number of hydrogen-bond acceptors (Lipinski definition) is 2. The second-order valence-corrected chi connectivity index (χ2v) is 1.96. The van der Waals surface area contributed by atoms with Crippen LogP contribution in [0.15, 0.2) is 0 Å². The molecule has 0 heterocycles. The molecule has 0 saturated carbocycles. The van der Waals surface area contributed by atoms with Crippen LogP contribution in [-0.4, -0.2) is 11.6 Å². The molecule has 0 saturated heterocycles. The van der Waals surface area contributed by atoms with Gasteiger partial charge in [0.15, 0.2) is 0 Å². The fraction of sp³-hybridized carbons (Fsp3) is 0.714. The molecule has 0 aliphatic carbocycles. The number of hydrogen-bond donors (Lipinski definition) is 0. The zero-order chi connectivity index (χ0) is 7.28. The average Bonchev–Trinajstić information content (AvgIpc) is 1.87. The second-order valence-electron chi connectivity index (χ2n) is 1.96. The summed E-state index contributed by atoms with van der Waals surface area (Å²) in [4.78, 5) is 21.1. The van der Waals surface area contributed by atoms with Crippen LogP contribution in [0.25, 0.3) is 0 Å². The van der Waals surface area contributed by atoms with Crippen molar-refractivity contribution in [2.45, 2.75) is 33.1 Å². The van der Waals surface area contributed by atoms with Crippen molar-refractivity contribution < 1.29 is 32.0 Å². The predicted octanol–water partition coefficient (Wildman–Crippen LogP) is 1.33. The first kappa shape index (κ1) is 12.7. The molecule has 0 fully saturated rings. The van der Waals surface area contributed by atoms with Gasteiger partial charge in [0.25, 0.3) is 0 Å². The summed E-state index contributed by atoms with van der Waals surface area (Å²) in [5, 5.41) is 0. The van der Waals surface area contributed by atoms with Crippen molar-refractivity contribution in [3.05, 3.63) is 0 Å². The molecule has 0 aliphatic heterocycles. The zero-order valence-corrected chi connectivity index (χ0v) is 7.72. The summed E-state index contributed by atoms with van der Waals surface area (Å²) >= 11 is 0. The van der Waals surface area contributed by atoms with Crippen LogP contribution in [0.5, 0.6) is 0 Å². The molecule has 2 nitrogen and oxygen atoms in total. The summed E-state index contributed by atoms with van der Waals surface area (Å²) in [5.41, 5.74) is 0. The smallest absolute Gasteiger partial charge is 0.139 e. The van der Waals surface area contributed by atoms with Crippen LogP contribution in [0.3, 0.4) is 0 Å². The molecule has 0 aliphatic rings. The van der Waals surface area contributed by atoms with E-state index >= 15 is 0 Å².